The summed E-state index contributed by atoms with van der Waals surface area (Å²) >= 11 is 33.3. The van der Waals surface area contributed by atoms with E-state index in [-0.39, 0.29) is 105 Å². The lowest BCUT2D eigenvalue weighted by atomic mass is 10.3. The summed E-state index contributed by atoms with van der Waals surface area (Å²) < 4.78 is 37.4. The number of ether oxygens (including phenoxy) is 8. The first-order valence-corrected chi connectivity index (χ1v) is 31.8. The summed E-state index contributed by atoms with van der Waals surface area (Å²) in [6.45, 7) is 14.3. The van der Waals surface area contributed by atoms with Gasteiger partial charge in [-0.2, -0.15) is 19.7 Å². The molecule has 0 saturated heterocycles. The minimum absolute atomic E-state index is 0. The van der Waals surface area contributed by atoms with E-state index in [0.717, 1.165) is 18.6 Å². The first kappa shape index (κ1) is 101. The number of aryl methyl sites for hydroxylation is 7. The Hall–Kier alpha value is -12.8. The maximum atomic E-state index is 11.2. The number of hydrogen-bond acceptors (Lipinski definition) is 37. The van der Waals surface area contributed by atoms with Gasteiger partial charge in [0, 0.05) is 43.5 Å². The fourth-order valence-electron chi connectivity index (χ4n) is 6.91. The van der Waals surface area contributed by atoms with Crippen molar-refractivity contribution in [3.8, 4) is 0 Å². The number of aromatic amines is 1. The van der Waals surface area contributed by atoms with Crippen LogP contribution in [-0.2, 0) is 37.9 Å². The highest BCUT2D eigenvalue weighted by molar-refractivity contribution is 6.40. The lowest BCUT2D eigenvalue weighted by Crippen LogP contribution is -2.36. The van der Waals surface area contributed by atoms with Crippen LogP contribution < -0.4 is 30.6 Å². The van der Waals surface area contributed by atoms with Gasteiger partial charge in [0.2, 0.25) is 17.6 Å². The van der Waals surface area contributed by atoms with Gasteiger partial charge in [0.25, 0.3) is 11.9 Å². The van der Waals surface area contributed by atoms with Crippen molar-refractivity contribution in [3.05, 3.63) is 228 Å². The Morgan fingerprint density at radius 3 is 1.21 bits per heavy atom. The quantitative estimate of drug-likeness (QED) is 0.0204. The maximum absolute atomic E-state index is 11.2. The zero-order valence-electron chi connectivity index (χ0n) is 62.1. The molecule has 8 N–H and O–H groups in total. The summed E-state index contributed by atoms with van der Waals surface area (Å²) in [5.74, 6) is -1.57. The molecule has 44 nitrogen and oxygen atoms in total. The van der Waals surface area contributed by atoms with E-state index in [1.54, 1.807) is 41.5 Å². The van der Waals surface area contributed by atoms with Crippen molar-refractivity contribution in [2.45, 2.75) is 62.3 Å². The fraction of sp³-hybridized carbons (Fsp3) is 0.274. The Morgan fingerprint density at radius 1 is 0.411 bits per heavy atom. The maximum Gasteiger partial charge on any atom is 0.406 e. The van der Waals surface area contributed by atoms with Gasteiger partial charge in [-0.1, -0.05) is 74.8 Å². The van der Waals surface area contributed by atoms with Crippen LogP contribution in [0.1, 0.15) is 146 Å². The van der Waals surface area contributed by atoms with Crippen molar-refractivity contribution < 1.29 is 105 Å². The van der Waals surface area contributed by atoms with Crippen LogP contribution in [-0.4, -0.2) is 185 Å². The number of H-pyrrole nitrogens is 1. The average molecular weight is 1690 g/mol. The molecule has 0 unspecified atom stereocenters. The van der Waals surface area contributed by atoms with Crippen LogP contribution in [0.2, 0.25) is 30.9 Å². The van der Waals surface area contributed by atoms with Crippen molar-refractivity contribution in [1.82, 2.24) is 75.9 Å². The highest BCUT2D eigenvalue weighted by Gasteiger charge is 2.24. The standard InChI is InChI=1S/C7H6Cl2N2O2.C7H8ClN2O3.C7H7ClN2O3.2C7H7ClN2O2.2C7H8N2O3.C7H8N2O2.C6H6N2O2.H3N3.H3N/c1-3-4(7(12)13-2)11-6(9)5(8)10-3;1-4-6(7(11)13-2)9-5(8)3-10(4)12;1-4-6(7(11)13-2)10(12)3-5(8)9-4;1-4-6(7(11)12-2)9-3-5(8)10-4;1-4-6(7(11)12-2)10-5(8)3-9-4;1-5-6(7(10)12-2)8-3-4-9(5)11;1-5-6(7(10)12-2)9(11)4-3-8-5;1-5-6(7(10)11-2)9-4-3-8-5;1-4-5(6(9)10)8-3-2-7-4;1-3-2;/h1-2H3;3H,1-2H3,(H,9,12);3H,1-2H3;2*3H,1-2H3;2*3-4H,1-2H3;3-4H,1-2H3;2-3H,1H3,(H,9,10);(H3,1,2);1H3/q;+1;;;;;;;;;. The predicted octanol–water partition coefficient (Wildman–Crippen LogP) is 6.20. The normalized spacial score (nSPS) is 9.35. The minimum Gasteiger partial charge on any atom is -0.618 e. The Labute approximate surface area is 664 Å². The molecule has 9 aromatic rings. The monoisotopic (exact) mass is 1690 g/mol. The molecule has 112 heavy (non-hydrogen) atoms. The molecule has 0 aliphatic rings. The number of halogens is 6. The molecule has 0 fully saturated rings. The Balaban J connectivity index is 0. The Bertz CT molecular complexity index is 4750. The van der Waals surface area contributed by atoms with Crippen LogP contribution in [0.4, 0.5) is 0 Å². The van der Waals surface area contributed by atoms with Gasteiger partial charge in [-0.3, -0.25) is 15.0 Å². The van der Waals surface area contributed by atoms with Gasteiger partial charge < -0.3 is 75.6 Å². The molecule has 0 spiro atoms. The number of carbonyl (C=O) groups excluding carboxylic acids is 8. The van der Waals surface area contributed by atoms with E-state index in [9.17, 15) is 63.7 Å². The molecule has 0 aliphatic carbocycles. The zero-order valence-corrected chi connectivity index (χ0v) is 66.6. The van der Waals surface area contributed by atoms with Crippen LogP contribution in [0.3, 0.4) is 0 Å². The van der Waals surface area contributed by atoms with E-state index in [1.165, 1.54) is 133 Å². The Kier molecular flexibility index (Phi) is 47.3. The van der Waals surface area contributed by atoms with Crippen LogP contribution in [0.15, 0.2) is 79.6 Å². The number of esters is 8. The number of nitrogens with two attached hydrogens (primary N) is 1. The van der Waals surface area contributed by atoms with Crippen LogP contribution >= 0.6 is 69.6 Å². The largest absolute Gasteiger partial charge is 0.618 e. The molecule has 0 aromatic carbocycles. The number of carbonyl (C=O) groups is 9. The second-order valence-electron chi connectivity index (χ2n) is 19.4. The second-order valence-corrected chi connectivity index (χ2v) is 21.7. The van der Waals surface area contributed by atoms with Crippen LogP contribution in [0, 0.1) is 88.4 Å². The topological polar surface area (TPSA) is 632 Å². The number of hydrogen-bond donors (Lipinski definition) is 5. The number of carboxylic acid groups (broad SMARTS) is 1. The van der Waals surface area contributed by atoms with Gasteiger partial charge in [0.05, 0.1) is 115 Å². The summed E-state index contributed by atoms with van der Waals surface area (Å²) in [6, 6.07) is 0. The number of aromatic nitrogens is 18. The van der Waals surface area contributed by atoms with E-state index in [4.69, 9.17) is 80.2 Å². The van der Waals surface area contributed by atoms with Gasteiger partial charge >= 0.3 is 65.1 Å². The molecule has 0 saturated carbocycles. The van der Waals surface area contributed by atoms with Crippen molar-refractivity contribution in [2.75, 3.05) is 56.9 Å². The number of nitrogens with zero attached hydrogens (tertiary/aromatic N) is 18. The smallest absolute Gasteiger partial charge is 0.406 e. The summed E-state index contributed by atoms with van der Waals surface area (Å²) in [7, 11) is 10.0. The highest BCUT2D eigenvalue weighted by Crippen LogP contribution is 2.19. The van der Waals surface area contributed by atoms with Gasteiger partial charge in [0.1, 0.15) is 21.7 Å². The zero-order chi connectivity index (χ0) is 85.1. The third kappa shape index (κ3) is 33.8. The lowest BCUT2D eigenvalue weighted by molar-refractivity contribution is -0.613. The fourth-order valence-corrected chi connectivity index (χ4v) is 7.92. The van der Waals surface area contributed by atoms with Crippen molar-refractivity contribution in [3.63, 3.8) is 0 Å². The van der Waals surface area contributed by atoms with Crippen molar-refractivity contribution >= 4 is 123 Å². The molecule has 602 valence electrons. The van der Waals surface area contributed by atoms with E-state index in [2.05, 4.69) is 119 Å². The molecule has 9 rings (SSSR count). The number of rotatable bonds is 9. The lowest BCUT2D eigenvalue weighted by Gasteiger charge is -2.04. The summed E-state index contributed by atoms with van der Waals surface area (Å²) in [5.41, 5.74) is 9.68. The minimum atomic E-state index is -1.04. The average Bonchev–Trinajstić information content (AvgIpc) is 0.836. The molecule has 50 heteroatoms. The first-order valence-electron chi connectivity index (χ1n) is 29.6. The molecule has 9 aromatic heterocycles. The van der Waals surface area contributed by atoms with Gasteiger partial charge in [-0.15, -0.1) is 0 Å². The van der Waals surface area contributed by atoms with E-state index in [1.807, 2.05) is 0 Å². The third-order valence-corrected chi connectivity index (χ3v) is 13.5. The van der Waals surface area contributed by atoms with Crippen molar-refractivity contribution in [2.24, 2.45) is 11.1 Å². The molecule has 0 radical (unpaired) electrons. The second kappa shape index (κ2) is 52.3. The van der Waals surface area contributed by atoms with Crippen molar-refractivity contribution in [1.29, 1.82) is 5.53 Å². The van der Waals surface area contributed by atoms with Crippen LogP contribution in [0.25, 0.3) is 0 Å². The molecule has 0 atom stereocenters. The first-order chi connectivity index (χ1) is 52.2. The molecular weight excluding hydrogens is 1620 g/mol. The van der Waals surface area contributed by atoms with E-state index < -0.39 is 53.7 Å². The highest BCUT2D eigenvalue weighted by atomic mass is 35.5. The van der Waals surface area contributed by atoms with Gasteiger partial charge in [0.15, 0.2) is 67.2 Å². The summed E-state index contributed by atoms with van der Waals surface area (Å²) in [6.07, 6.45) is 15.6. The van der Waals surface area contributed by atoms with Gasteiger partial charge in [-0.25, -0.2) is 93.0 Å². The molecule has 0 aliphatic heterocycles. The van der Waals surface area contributed by atoms with Crippen LogP contribution in [0.5, 0.6) is 0 Å². The summed E-state index contributed by atoms with van der Waals surface area (Å²) in [5, 5.41) is 44.5. The molecule has 0 amide bonds. The number of carboxylic acids is 1. The van der Waals surface area contributed by atoms with Gasteiger partial charge in [-0.05, 0) is 48.5 Å². The van der Waals surface area contributed by atoms with E-state index in [0.29, 0.717) is 52.8 Å². The summed E-state index contributed by atoms with van der Waals surface area (Å²) in [4.78, 5) is 161. The Morgan fingerprint density at radius 2 is 0.768 bits per heavy atom. The number of nitrogens with one attached hydrogen (secondary N) is 2. The predicted molar refractivity (Wildman–Crippen MR) is 389 cm³/mol. The SMILES string of the molecule is COC(=O)c1[nH]c(Cl)c[n+](=O)c1C.COC(=O)c1c(C)nc(Cl)c[n+]1[O-].COC(=O)c1c(C)ncc[n+]1[O-].COC(=O)c1nc(Cl)c(Cl)nc1C.COC(=O)c1nc(Cl)cnc1C.COC(=O)c1ncc(Cl)nc1C.COC(=O)c1ncc[n+]([O-])c1C.COC(=O)c1nccnc1C.Cc1nccnc1C(=O)O.N.N=NN. The third-order valence-electron chi connectivity index (χ3n) is 12.2. The molecule has 0 bridgehead atoms. The number of aromatic carboxylic acids is 1. The molecule has 9 heterocycles. The van der Waals surface area contributed by atoms with E-state index >= 15 is 0 Å². The number of methoxy groups -OCH3 is 8. The molecular formula is C62H71Cl6N22O22+.